The molecule has 0 atom stereocenters. The van der Waals surface area contributed by atoms with Gasteiger partial charge in [-0.05, 0) is 36.4 Å². The van der Waals surface area contributed by atoms with Gasteiger partial charge in [0.05, 0.1) is 23.4 Å². The molecule has 0 heterocycles. The Kier molecular flexibility index (Phi) is 4.93. The van der Waals surface area contributed by atoms with Crippen molar-refractivity contribution < 1.29 is 24.6 Å². The van der Waals surface area contributed by atoms with Crippen LogP contribution in [0.1, 0.15) is 20.7 Å². The Hall–Kier alpha value is -3.35. The van der Waals surface area contributed by atoms with E-state index in [9.17, 15) is 14.4 Å². The molecule has 0 spiro atoms. The van der Waals surface area contributed by atoms with Gasteiger partial charge >= 0.3 is 11.9 Å². The van der Waals surface area contributed by atoms with Gasteiger partial charge in [-0.3, -0.25) is 4.79 Å². The molecule has 4 N–H and O–H groups in total. The highest BCUT2D eigenvalue weighted by Crippen LogP contribution is 2.15. The van der Waals surface area contributed by atoms with E-state index >= 15 is 0 Å². The van der Waals surface area contributed by atoms with Crippen LogP contribution >= 0.6 is 0 Å². The summed E-state index contributed by atoms with van der Waals surface area (Å²) in [5.74, 6) is -2.57. The third-order valence-corrected chi connectivity index (χ3v) is 3.02. The first-order chi connectivity index (χ1) is 11.0. The van der Waals surface area contributed by atoms with Crippen LogP contribution in [0.5, 0.6) is 0 Å². The molecule has 0 unspecified atom stereocenters. The largest absolute Gasteiger partial charge is 0.478 e. The number of benzene rings is 2. The SMILES string of the molecule is O=C(CNc1ccc(C(=O)O)cc1)Nc1ccccc1C(=O)O. The smallest absolute Gasteiger partial charge is 0.337 e. The van der Waals surface area contributed by atoms with Crippen LogP contribution in [0.3, 0.4) is 0 Å². The van der Waals surface area contributed by atoms with Crippen LogP contribution in [0.2, 0.25) is 0 Å². The number of rotatable bonds is 6. The number of carboxylic acid groups (broad SMARTS) is 2. The van der Waals surface area contributed by atoms with E-state index in [1.165, 1.54) is 24.3 Å². The van der Waals surface area contributed by atoms with E-state index in [1.54, 1.807) is 24.3 Å². The summed E-state index contributed by atoms with van der Waals surface area (Å²) in [5.41, 5.74) is 0.951. The highest BCUT2D eigenvalue weighted by Gasteiger charge is 2.11. The molecule has 0 aliphatic carbocycles. The number of hydrogen-bond acceptors (Lipinski definition) is 4. The van der Waals surface area contributed by atoms with Crippen molar-refractivity contribution in [2.45, 2.75) is 0 Å². The van der Waals surface area contributed by atoms with Crippen molar-refractivity contribution in [3.63, 3.8) is 0 Å². The number of carbonyl (C=O) groups excluding carboxylic acids is 1. The molecule has 118 valence electrons. The van der Waals surface area contributed by atoms with Gasteiger partial charge in [-0.15, -0.1) is 0 Å². The molecule has 0 aromatic heterocycles. The molecular weight excluding hydrogens is 300 g/mol. The maximum Gasteiger partial charge on any atom is 0.337 e. The molecule has 2 aromatic carbocycles. The monoisotopic (exact) mass is 314 g/mol. The summed E-state index contributed by atoms with van der Waals surface area (Å²) >= 11 is 0. The lowest BCUT2D eigenvalue weighted by Gasteiger charge is -2.10. The van der Waals surface area contributed by atoms with Crippen LogP contribution in [0.15, 0.2) is 48.5 Å². The van der Waals surface area contributed by atoms with Crippen LogP contribution in [0.4, 0.5) is 11.4 Å². The third kappa shape index (κ3) is 4.31. The molecule has 0 radical (unpaired) electrons. The number of carbonyl (C=O) groups is 3. The fourth-order valence-corrected chi connectivity index (χ4v) is 1.89. The first kappa shape index (κ1) is 16.0. The minimum atomic E-state index is -1.13. The van der Waals surface area contributed by atoms with Gasteiger partial charge in [0, 0.05) is 5.69 Å². The van der Waals surface area contributed by atoms with Crippen LogP contribution in [-0.4, -0.2) is 34.6 Å². The number of nitrogens with one attached hydrogen (secondary N) is 2. The van der Waals surface area contributed by atoms with E-state index in [-0.39, 0.29) is 23.4 Å². The quantitative estimate of drug-likeness (QED) is 0.649. The summed E-state index contributed by atoms with van der Waals surface area (Å²) in [7, 11) is 0. The topological polar surface area (TPSA) is 116 Å². The second-order valence-electron chi connectivity index (χ2n) is 4.63. The lowest BCUT2D eigenvalue weighted by molar-refractivity contribution is -0.114. The average molecular weight is 314 g/mol. The molecule has 2 aromatic rings. The summed E-state index contributed by atoms with van der Waals surface area (Å²) in [4.78, 5) is 33.7. The molecule has 0 fully saturated rings. The van der Waals surface area contributed by atoms with Crippen LogP contribution < -0.4 is 10.6 Å². The Morgan fingerprint density at radius 1 is 0.870 bits per heavy atom. The molecule has 0 saturated carbocycles. The van der Waals surface area contributed by atoms with E-state index < -0.39 is 17.8 Å². The number of anilines is 2. The zero-order valence-electron chi connectivity index (χ0n) is 11.9. The molecule has 7 nitrogen and oxygen atoms in total. The second kappa shape index (κ2) is 7.08. The first-order valence-corrected chi connectivity index (χ1v) is 6.67. The zero-order valence-corrected chi connectivity index (χ0v) is 11.9. The second-order valence-corrected chi connectivity index (χ2v) is 4.63. The van der Waals surface area contributed by atoms with E-state index in [1.807, 2.05) is 0 Å². The van der Waals surface area contributed by atoms with Crippen molar-refractivity contribution in [1.82, 2.24) is 0 Å². The highest BCUT2D eigenvalue weighted by molar-refractivity contribution is 6.01. The molecule has 1 amide bonds. The molecule has 2 rings (SSSR count). The number of para-hydroxylation sites is 1. The van der Waals surface area contributed by atoms with Gasteiger partial charge in [0.15, 0.2) is 0 Å². The summed E-state index contributed by atoms with van der Waals surface area (Å²) in [5, 5.41) is 23.2. The van der Waals surface area contributed by atoms with Crippen molar-refractivity contribution >= 4 is 29.2 Å². The van der Waals surface area contributed by atoms with Crippen molar-refractivity contribution in [2.75, 3.05) is 17.2 Å². The first-order valence-electron chi connectivity index (χ1n) is 6.67. The van der Waals surface area contributed by atoms with Gasteiger partial charge < -0.3 is 20.8 Å². The normalized spacial score (nSPS) is 9.91. The summed E-state index contributed by atoms with van der Waals surface area (Å²) in [6.45, 7) is -0.0830. The van der Waals surface area contributed by atoms with Crippen LogP contribution in [-0.2, 0) is 4.79 Å². The minimum Gasteiger partial charge on any atom is -0.478 e. The Morgan fingerprint density at radius 3 is 2.13 bits per heavy atom. The Labute approximate surface area is 131 Å². The fourth-order valence-electron chi connectivity index (χ4n) is 1.89. The Balaban J connectivity index is 1.95. The molecular formula is C16H14N2O5. The Bertz CT molecular complexity index is 740. The fraction of sp³-hybridized carbons (Fsp3) is 0.0625. The van der Waals surface area contributed by atoms with Gasteiger partial charge in [0.25, 0.3) is 0 Å². The van der Waals surface area contributed by atoms with Gasteiger partial charge in [-0.2, -0.15) is 0 Å². The van der Waals surface area contributed by atoms with Gasteiger partial charge in [-0.1, -0.05) is 12.1 Å². The lowest BCUT2D eigenvalue weighted by Crippen LogP contribution is -2.22. The standard InChI is InChI=1S/C16H14N2O5/c19-14(18-13-4-2-1-3-12(13)16(22)23)9-17-11-7-5-10(6-8-11)15(20)21/h1-8,17H,9H2,(H,18,19)(H,20,21)(H,22,23). The van der Waals surface area contributed by atoms with Gasteiger partial charge in [0.2, 0.25) is 5.91 Å². The predicted octanol–water partition coefficient (Wildman–Crippen LogP) is 2.13. The van der Waals surface area contributed by atoms with Crippen molar-refractivity contribution in [3.8, 4) is 0 Å². The number of hydrogen-bond donors (Lipinski definition) is 4. The minimum absolute atomic E-state index is 0.00617. The summed E-state index contributed by atoms with van der Waals surface area (Å²) in [6, 6.07) is 12.0. The van der Waals surface area contributed by atoms with Crippen molar-refractivity contribution in [3.05, 3.63) is 59.7 Å². The lowest BCUT2D eigenvalue weighted by atomic mass is 10.2. The molecule has 0 aliphatic heterocycles. The molecule has 0 saturated heterocycles. The maximum atomic E-state index is 11.9. The summed E-state index contributed by atoms with van der Waals surface area (Å²) in [6.07, 6.45) is 0. The summed E-state index contributed by atoms with van der Waals surface area (Å²) < 4.78 is 0. The third-order valence-electron chi connectivity index (χ3n) is 3.02. The van der Waals surface area contributed by atoms with E-state index in [0.717, 1.165) is 0 Å². The number of amides is 1. The Morgan fingerprint density at radius 2 is 1.52 bits per heavy atom. The average Bonchev–Trinajstić information content (AvgIpc) is 2.53. The van der Waals surface area contributed by atoms with E-state index in [0.29, 0.717) is 5.69 Å². The number of aromatic carboxylic acids is 2. The zero-order chi connectivity index (χ0) is 16.8. The molecule has 0 bridgehead atoms. The number of carboxylic acids is 2. The van der Waals surface area contributed by atoms with Gasteiger partial charge in [0.1, 0.15) is 0 Å². The highest BCUT2D eigenvalue weighted by atomic mass is 16.4. The van der Waals surface area contributed by atoms with Gasteiger partial charge in [-0.25, -0.2) is 9.59 Å². The van der Waals surface area contributed by atoms with Crippen LogP contribution in [0.25, 0.3) is 0 Å². The van der Waals surface area contributed by atoms with Crippen molar-refractivity contribution in [2.24, 2.45) is 0 Å². The maximum absolute atomic E-state index is 11.9. The van der Waals surface area contributed by atoms with E-state index in [4.69, 9.17) is 10.2 Å². The molecule has 7 heteroatoms. The molecule has 23 heavy (non-hydrogen) atoms. The van der Waals surface area contributed by atoms with E-state index in [2.05, 4.69) is 10.6 Å². The predicted molar refractivity (Wildman–Crippen MR) is 83.9 cm³/mol. The van der Waals surface area contributed by atoms with Crippen molar-refractivity contribution in [1.29, 1.82) is 0 Å². The van der Waals surface area contributed by atoms with Crippen LogP contribution in [0, 0.1) is 0 Å². The molecule has 0 aliphatic rings.